The molecule has 0 spiro atoms. The normalized spacial score (nSPS) is 20.5. The number of ether oxygens (including phenoxy) is 2. The third-order valence-corrected chi connectivity index (χ3v) is 7.26. The highest BCUT2D eigenvalue weighted by molar-refractivity contribution is 5.94. The lowest BCUT2D eigenvalue weighted by Crippen LogP contribution is -2.43. The first-order valence-electron chi connectivity index (χ1n) is 12.5. The fraction of sp³-hybridized carbons (Fsp3) is 0.519. The largest absolute Gasteiger partial charge is 0.496 e. The standard InChI is InChI=1S/C27H36N4O4/c1-5-18(15-25(32)28-19-10-7-11-19)29-27(33)20-16-22(31(30-20)21-12-6-9-17(21)2)26-23(34-3)13-8-14-24(26)35-4/h5,8,13-14,16-19,21H,1,6-7,9-12,15H2,2-4H3,(H,28,32)(H,29,33)/t17?,18-,21?/m0/s1. The van der Waals surface area contributed by atoms with Crippen molar-refractivity contribution in [3.05, 3.63) is 42.6 Å². The molecule has 3 atom stereocenters. The predicted molar refractivity (Wildman–Crippen MR) is 135 cm³/mol. The first-order chi connectivity index (χ1) is 16.9. The fourth-order valence-electron chi connectivity index (χ4n) is 5.01. The Morgan fingerprint density at radius 1 is 1.17 bits per heavy atom. The van der Waals surface area contributed by atoms with E-state index in [4.69, 9.17) is 14.6 Å². The van der Waals surface area contributed by atoms with Crippen LogP contribution in [-0.4, -0.2) is 47.9 Å². The maximum absolute atomic E-state index is 13.3. The summed E-state index contributed by atoms with van der Waals surface area (Å²) < 4.78 is 13.3. The lowest BCUT2D eigenvalue weighted by Gasteiger charge is -2.27. The number of methoxy groups -OCH3 is 2. The minimum absolute atomic E-state index is 0.0790. The highest BCUT2D eigenvalue weighted by Gasteiger charge is 2.31. The molecular weight excluding hydrogens is 444 g/mol. The van der Waals surface area contributed by atoms with Gasteiger partial charge in [-0.1, -0.05) is 25.5 Å². The number of nitrogens with one attached hydrogen (secondary N) is 2. The molecule has 0 saturated heterocycles. The van der Waals surface area contributed by atoms with Gasteiger partial charge in [0.25, 0.3) is 5.91 Å². The Bertz CT molecular complexity index is 1050. The second kappa shape index (κ2) is 11.0. The maximum atomic E-state index is 13.3. The number of hydrogen-bond acceptors (Lipinski definition) is 5. The Hall–Kier alpha value is -3.29. The highest BCUT2D eigenvalue weighted by atomic mass is 16.5. The van der Waals surface area contributed by atoms with Crippen LogP contribution in [0.2, 0.25) is 0 Å². The van der Waals surface area contributed by atoms with Crippen LogP contribution in [0.1, 0.15) is 68.4 Å². The van der Waals surface area contributed by atoms with E-state index >= 15 is 0 Å². The Labute approximate surface area is 207 Å². The van der Waals surface area contributed by atoms with Gasteiger partial charge < -0.3 is 20.1 Å². The monoisotopic (exact) mass is 480 g/mol. The van der Waals surface area contributed by atoms with Crippen LogP contribution in [0.25, 0.3) is 11.3 Å². The molecule has 2 aliphatic rings. The molecule has 1 aromatic heterocycles. The predicted octanol–water partition coefficient (Wildman–Crippen LogP) is 4.27. The Morgan fingerprint density at radius 2 is 1.86 bits per heavy atom. The Balaban J connectivity index is 1.62. The van der Waals surface area contributed by atoms with Gasteiger partial charge in [0.1, 0.15) is 11.5 Å². The van der Waals surface area contributed by atoms with Gasteiger partial charge in [0.2, 0.25) is 5.91 Å². The topological polar surface area (TPSA) is 94.5 Å². The van der Waals surface area contributed by atoms with Gasteiger partial charge in [-0.15, -0.1) is 6.58 Å². The van der Waals surface area contributed by atoms with Crippen molar-refractivity contribution in [2.75, 3.05) is 14.2 Å². The summed E-state index contributed by atoms with van der Waals surface area (Å²) >= 11 is 0. The van der Waals surface area contributed by atoms with Crippen LogP contribution in [0.15, 0.2) is 36.9 Å². The molecule has 2 amide bonds. The Morgan fingerprint density at radius 3 is 2.40 bits per heavy atom. The molecule has 0 aliphatic heterocycles. The average Bonchev–Trinajstić information content (AvgIpc) is 3.46. The van der Waals surface area contributed by atoms with Crippen LogP contribution in [0.4, 0.5) is 0 Å². The van der Waals surface area contributed by atoms with E-state index in [1.807, 2.05) is 22.9 Å². The van der Waals surface area contributed by atoms with Gasteiger partial charge >= 0.3 is 0 Å². The van der Waals surface area contributed by atoms with Crippen molar-refractivity contribution >= 4 is 11.8 Å². The average molecular weight is 481 g/mol. The number of hydrogen-bond donors (Lipinski definition) is 2. The van der Waals surface area contributed by atoms with Crippen molar-refractivity contribution in [2.45, 2.75) is 70.0 Å². The second-order valence-electron chi connectivity index (χ2n) is 9.59. The number of aromatic nitrogens is 2. The number of amides is 2. The first-order valence-corrected chi connectivity index (χ1v) is 12.5. The van der Waals surface area contributed by atoms with E-state index < -0.39 is 6.04 Å². The fourth-order valence-corrected chi connectivity index (χ4v) is 5.01. The maximum Gasteiger partial charge on any atom is 0.272 e. The van der Waals surface area contributed by atoms with Gasteiger partial charge in [-0.2, -0.15) is 5.10 Å². The summed E-state index contributed by atoms with van der Waals surface area (Å²) in [7, 11) is 3.24. The van der Waals surface area contributed by atoms with E-state index in [1.54, 1.807) is 26.4 Å². The number of rotatable bonds is 10. The van der Waals surface area contributed by atoms with Gasteiger partial charge in [0, 0.05) is 6.04 Å². The van der Waals surface area contributed by atoms with Crippen LogP contribution >= 0.6 is 0 Å². The highest BCUT2D eigenvalue weighted by Crippen LogP contribution is 2.43. The zero-order valence-electron chi connectivity index (χ0n) is 20.9. The molecular formula is C27H36N4O4. The van der Waals surface area contributed by atoms with Crippen LogP contribution in [-0.2, 0) is 4.79 Å². The molecule has 0 bridgehead atoms. The summed E-state index contributed by atoms with van der Waals surface area (Å²) in [6, 6.07) is 7.35. The minimum atomic E-state index is -0.484. The molecule has 2 N–H and O–H groups in total. The van der Waals surface area contributed by atoms with Gasteiger partial charge in [-0.05, 0) is 56.2 Å². The van der Waals surface area contributed by atoms with Crippen molar-refractivity contribution in [2.24, 2.45) is 5.92 Å². The van der Waals surface area contributed by atoms with Crippen LogP contribution in [0, 0.1) is 5.92 Å². The third-order valence-electron chi connectivity index (χ3n) is 7.26. The summed E-state index contributed by atoms with van der Waals surface area (Å²) in [5.74, 6) is 1.32. The van der Waals surface area contributed by atoms with Crippen LogP contribution in [0.3, 0.4) is 0 Å². The first kappa shape index (κ1) is 24.8. The van der Waals surface area contributed by atoms with Crippen molar-refractivity contribution in [3.63, 3.8) is 0 Å². The molecule has 8 nitrogen and oxygen atoms in total. The number of carbonyl (C=O) groups is 2. The summed E-state index contributed by atoms with van der Waals surface area (Å²) in [6.45, 7) is 6.03. The lowest BCUT2D eigenvalue weighted by atomic mass is 9.93. The molecule has 4 rings (SSSR count). The molecule has 2 fully saturated rings. The summed E-state index contributed by atoms with van der Waals surface area (Å²) in [5, 5.41) is 10.7. The molecule has 1 heterocycles. The molecule has 188 valence electrons. The van der Waals surface area contributed by atoms with E-state index in [0.717, 1.165) is 49.8 Å². The Kier molecular flexibility index (Phi) is 7.78. The quantitative estimate of drug-likeness (QED) is 0.495. The zero-order chi connectivity index (χ0) is 24.9. The van der Waals surface area contributed by atoms with Gasteiger partial charge in [0.15, 0.2) is 5.69 Å². The SMILES string of the molecule is C=C[C@@H](CC(=O)NC1CCC1)NC(=O)c1cc(-c2c(OC)cccc2OC)n(C2CCCC2C)n1. The van der Waals surface area contributed by atoms with E-state index in [9.17, 15) is 9.59 Å². The smallest absolute Gasteiger partial charge is 0.272 e. The molecule has 1 aromatic carbocycles. The van der Waals surface area contributed by atoms with Crippen molar-refractivity contribution in [3.8, 4) is 22.8 Å². The summed E-state index contributed by atoms with van der Waals surface area (Å²) in [6.07, 6.45) is 8.15. The van der Waals surface area contributed by atoms with Crippen LogP contribution < -0.4 is 20.1 Å². The van der Waals surface area contributed by atoms with Gasteiger partial charge in [-0.3, -0.25) is 14.3 Å². The lowest BCUT2D eigenvalue weighted by molar-refractivity contribution is -0.122. The van der Waals surface area contributed by atoms with Gasteiger partial charge in [0.05, 0.1) is 44.0 Å². The van der Waals surface area contributed by atoms with E-state index in [0.29, 0.717) is 23.1 Å². The van der Waals surface area contributed by atoms with E-state index in [2.05, 4.69) is 24.1 Å². The molecule has 35 heavy (non-hydrogen) atoms. The van der Waals surface area contributed by atoms with E-state index in [-0.39, 0.29) is 30.3 Å². The molecule has 8 heteroatoms. The number of carbonyl (C=O) groups excluding carboxylic acids is 2. The van der Waals surface area contributed by atoms with Gasteiger partial charge in [-0.25, -0.2) is 0 Å². The molecule has 2 aromatic rings. The molecule has 2 aliphatic carbocycles. The number of nitrogens with zero attached hydrogens (tertiary/aromatic N) is 2. The summed E-state index contributed by atoms with van der Waals surface area (Å²) in [5.41, 5.74) is 1.84. The van der Waals surface area contributed by atoms with Crippen molar-refractivity contribution < 1.29 is 19.1 Å². The molecule has 2 unspecified atom stereocenters. The van der Waals surface area contributed by atoms with E-state index in [1.165, 1.54) is 0 Å². The second-order valence-corrected chi connectivity index (χ2v) is 9.59. The van der Waals surface area contributed by atoms with Crippen molar-refractivity contribution in [1.82, 2.24) is 20.4 Å². The summed E-state index contributed by atoms with van der Waals surface area (Å²) in [4.78, 5) is 25.6. The molecule has 2 saturated carbocycles. The van der Waals surface area contributed by atoms with Crippen LogP contribution in [0.5, 0.6) is 11.5 Å². The van der Waals surface area contributed by atoms with Crippen molar-refractivity contribution in [1.29, 1.82) is 0 Å². The number of benzene rings is 1. The zero-order valence-corrected chi connectivity index (χ0v) is 20.9. The minimum Gasteiger partial charge on any atom is -0.496 e. The molecule has 0 radical (unpaired) electrons. The third kappa shape index (κ3) is 5.36.